The van der Waals surface area contributed by atoms with Crippen LogP contribution in [0.3, 0.4) is 0 Å². The first kappa shape index (κ1) is 19.1. The van der Waals surface area contributed by atoms with Crippen molar-refractivity contribution >= 4 is 47.5 Å². The molecule has 2 heterocycles. The van der Waals surface area contributed by atoms with E-state index in [-0.39, 0.29) is 41.0 Å². The zero-order valence-electron chi connectivity index (χ0n) is 12.2. The van der Waals surface area contributed by atoms with Crippen molar-refractivity contribution in [2.24, 2.45) is 5.92 Å². The largest absolute Gasteiger partial charge is 0.469 e. The molecular formula is C13H18Cl3N3O3. The maximum atomic E-state index is 12.3. The molecule has 1 saturated heterocycles. The highest BCUT2D eigenvalue weighted by atomic mass is 35.5. The van der Waals surface area contributed by atoms with Gasteiger partial charge in [0.1, 0.15) is 5.69 Å². The maximum absolute atomic E-state index is 12.3. The van der Waals surface area contributed by atoms with Gasteiger partial charge in [0, 0.05) is 18.3 Å². The van der Waals surface area contributed by atoms with Crippen molar-refractivity contribution in [2.45, 2.75) is 19.4 Å². The summed E-state index contributed by atoms with van der Waals surface area (Å²) in [6.07, 6.45) is 0.635. The molecule has 9 heteroatoms. The fourth-order valence-electron chi connectivity index (χ4n) is 2.40. The third-order valence-electron chi connectivity index (χ3n) is 3.58. The second-order valence-electron chi connectivity index (χ2n) is 4.96. The average molecular weight is 371 g/mol. The van der Waals surface area contributed by atoms with E-state index in [0.717, 1.165) is 6.54 Å². The number of carbonyl (C=O) groups is 2. The fraction of sp³-hybridized carbons (Fsp3) is 0.538. The predicted octanol–water partition coefficient (Wildman–Crippen LogP) is 1.93. The lowest BCUT2D eigenvalue weighted by molar-refractivity contribution is -0.146. The van der Waals surface area contributed by atoms with Gasteiger partial charge in [-0.05, 0) is 19.9 Å². The molecule has 1 aromatic heterocycles. The van der Waals surface area contributed by atoms with Gasteiger partial charge in [0.25, 0.3) is 5.91 Å². The number of rotatable bonds is 3. The van der Waals surface area contributed by atoms with Crippen LogP contribution in [0.15, 0.2) is 0 Å². The second kappa shape index (κ2) is 8.06. The van der Waals surface area contributed by atoms with E-state index in [1.807, 2.05) is 0 Å². The summed E-state index contributed by atoms with van der Waals surface area (Å²) >= 11 is 12.0. The van der Waals surface area contributed by atoms with Crippen molar-refractivity contribution in [3.05, 3.63) is 21.4 Å². The van der Waals surface area contributed by atoms with Crippen LogP contribution in [0.2, 0.25) is 10.0 Å². The molecule has 1 aliphatic heterocycles. The van der Waals surface area contributed by atoms with Crippen molar-refractivity contribution < 1.29 is 14.3 Å². The molecule has 0 aromatic carbocycles. The fourth-order valence-corrected chi connectivity index (χ4v) is 2.82. The molecule has 1 aliphatic rings. The zero-order valence-corrected chi connectivity index (χ0v) is 14.5. The number of carbonyl (C=O) groups excluding carboxylic acids is 2. The van der Waals surface area contributed by atoms with Crippen molar-refractivity contribution in [3.8, 4) is 0 Å². The minimum absolute atomic E-state index is 0. The minimum Gasteiger partial charge on any atom is -0.469 e. The van der Waals surface area contributed by atoms with E-state index in [2.05, 4.69) is 15.6 Å². The molecule has 124 valence electrons. The Balaban J connectivity index is 0.00000242. The summed E-state index contributed by atoms with van der Waals surface area (Å²) in [5.41, 5.74) is 0.836. The van der Waals surface area contributed by atoms with E-state index in [9.17, 15) is 9.59 Å². The molecule has 3 N–H and O–H groups in total. The van der Waals surface area contributed by atoms with Crippen LogP contribution in [0.4, 0.5) is 0 Å². The van der Waals surface area contributed by atoms with E-state index in [1.165, 1.54) is 7.11 Å². The van der Waals surface area contributed by atoms with E-state index in [4.69, 9.17) is 27.9 Å². The average Bonchev–Trinajstić information content (AvgIpc) is 2.74. The minimum atomic E-state index is -0.419. The Kier molecular flexibility index (Phi) is 6.99. The Hall–Kier alpha value is -0.950. The van der Waals surface area contributed by atoms with Crippen LogP contribution in [-0.2, 0) is 9.53 Å². The van der Waals surface area contributed by atoms with Gasteiger partial charge in [0.2, 0.25) is 0 Å². The molecule has 2 rings (SSSR count). The van der Waals surface area contributed by atoms with Gasteiger partial charge in [-0.2, -0.15) is 0 Å². The van der Waals surface area contributed by atoms with Crippen molar-refractivity contribution in [2.75, 3.05) is 20.2 Å². The number of esters is 1. The summed E-state index contributed by atoms with van der Waals surface area (Å²) in [7, 11) is 1.33. The van der Waals surface area contributed by atoms with Gasteiger partial charge in [-0.3, -0.25) is 9.59 Å². The van der Waals surface area contributed by atoms with E-state index >= 15 is 0 Å². The molecule has 0 bridgehead atoms. The van der Waals surface area contributed by atoms with E-state index in [1.54, 1.807) is 6.92 Å². The molecule has 2 atom stereocenters. The van der Waals surface area contributed by atoms with Gasteiger partial charge in [0.05, 0.1) is 23.1 Å². The van der Waals surface area contributed by atoms with Gasteiger partial charge < -0.3 is 20.4 Å². The maximum Gasteiger partial charge on any atom is 0.312 e. The number of aromatic nitrogens is 1. The van der Waals surface area contributed by atoms with E-state index in [0.29, 0.717) is 23.7 Å². The van der Waals surface area contributed by atoms with Crippen LogP contribution in [0.25, 0.3) is 0 Å². The first-order valence-corrected chi connectivity index (χ1v) is 7.34. The van der Waals surface area contributed by atoms with Gasteiger partial charge in [-0.1, -0.05) is 23.2 Å². The lowest BCUT2D eigenvalue weighted by Crippen LogP contribution is -2.52. The highest BCUT2D eigenvalue weighted by Crippen LogP contribution is 2.29. The van der Waals surface area contributed by atoms with Gasteiger partial charge >= 0.3 is 5.97 Å². The summed E-state index contributed by atoms with van der Waals surface area (Å²) in [5.74, 6) is -1.15. The molecule has 0 aliphatic carbocycles. The number of methoxy groups -OCH3 is 1. The lowest BCUT2D eigenvalue weighted by atomic mass is 9.93. The van der Waals surface area contributed by atoms with Crippen LogP contribution in [0.5, 0.6) is 0 Å². The van der Waals surface area contributed by atoms with Crippen LogP contribution >= 0.6 is 35.6 Å². The predicted molar refractivity (Wildman–Crippen MR) is 87.0 cm³/mol. The Morgan fingerprint density at radius 1 is 1.32 bits per heavy atom. The number of ether oxygens (including phenoxy) is 1. The molecule has 1 fully saturated rings. The molecule has 0 saturated carbocycles. The summed E-state index contributed by atoms with van der Waals surface area (Å²) in [4.78, 5) is 26.9. The molecule has 22 heavy (non-hydrogen) atoms. The topological polar surface area (TPSA) is 83.2 Å². The van der Waals surface area contributed by atoms with Gasteiger partial charge in [0.15, 0.2) is 0 Å². The molecule has 1 amide bonds. The molecular weight excluding hydrogens is 353 g/mol. The number of hydrogen-bond acceptors (Lipinski definition) is 4. The summed E-state index contributed by atoms with van der Waals surface area (Å²) in [6, 6.07) is -0.301. The van der Waals surface area contributed by atoms with Crippen molar-refractivity contribution in [1.29, 1.82) is 0 Å². The Bertz CT molecular complexity index is 562. The third-order valence-corrected chi connectivity index (χ3v) is 4.53. The highest BCUT2D eigenvalue weighted by Gasteiger charge is 2.33. The Morgan fingerprint density at radius 3 is 2.55 bits per heavy atom. The summed E-state index contributed by atoms with van der Waals surface area (Å²) in [6.45, 7) is 2.92. The standard InChI is InChI=1S/C13H17Cl2N3O3.ClH/c1-6-9(14)10(15)11(17-6)12(19)18-8-3-4-16-5-7(8)13(20)21-2;/h7-8,16-17H,3-5H2,1-2H3,(H,18,19);1H. The second-order valence-corrected chi connectivity index (χ2v) is 5.71. The number of H-pyrrole nitrogens is 1. The third kappa shape index (κ3) is 3.87. The monoisotopic (exact) mass is 369 g/mol. The zero-order chi connectivity index (χ0) is 15.6. The van der Waals surface area contributed by atoms with Crippen LogP contribution < -0.4 is 10.6 Å². The molecule has 6 nitrogen and oxygen atoms in total. The molecule has 1 aromatic rings. The smallest absolute Gasteiger partial charge is 0.312 e. The number of amides is 1. The molecule has 2 unspecified atom stereocenters. The van der Waals surface area contributed by atoms with Gasteiger partial charge in [-0.15, -0.1) is 12.4 Å². The number of aryl methyl sites for hydroxylation is 1. The molecule has 0 radical (unpaired) electrons. The summed E-state index contributed by atoms with van der Waals surface area (Å²) in [5, 5.41) is 6.46. The van der Waals surface area contributed by atoms with Crippen LogP contribution in [0, 0.1) is 12.8 Å². The first-order chi connectivity index (χ1) is 9.95. The number of aromatic amines is 1. The van der Waals surface area contributed by atoms with Crippen molar-refractivity contribution in [3.63, 3.8) is 0 Å². The summed E-state index contributed by atoms with van der Waals surface area (Å²) < 4.78 is 4.77. The normalized spacial score (nSPS) is 20.9. The number of nitrogens with one attached hydrogen (secondary N) is 3. The lowest BCUT2D eigenvalue weighted by Gasteiger charge is -2.30. The highest BCUT2D eigenvalue weighted by molar-refractivity contribution is 6.44. The Morgan fingerprint density at radius 2 is 2.00 bits per heavy atom. The number of hydrogen-bond donors (Lipinski definition) is 3. The van der Waals surface area contributed by atoms with Crippen LogP contribution in [-0.4, -0.2) is 43.1 Å². The number of halogens is 3. The van der Waals surface area contributed by atoms with E-state index < -0.39 is 5.92 Å². The van der Waals surface area contributed by atoms with Crippen molar-refractivity contribution in [1.82, 2.24) is 15.6 Å². The van der Waals surface area contributed by atoms with Gasteiger partial charge in [-0.25, -0.2) is 0 Å². The molecule has 0 spiro atoms. The van der Waals surface area contributed by atoms with Crippen LogP contribution in [0.1, 0.15) is 22.6 Å². The first-order valence-electron chi connectivity index (χ1n) is 6.58. The SMILES string of the molecule is COC(=O)C1CNCCC1NC(=O)c1[nH]c(C)c(Cl)c1Cl.Cl. The Labute approximate surface area is 144 Å². The number of piperidine rings is 1. The quantitative estimate of drug-likeness (QED) is 0.710.